The van der Waals surface area contributed by atoms with E-state index < -0.39 is 21.8 Å². The maximum absolute atomic E-state index is 12.5. The van der Waals surface area contributed by atoms with Gasteiger partial charge in [0.25, 0.3) is 0 Å². The summed E-state index contributed by atoms with van der Waals surface area (Å²) in [7, 11) is -4.10. The number of amides is 2. The van der Waals surface area contributed by atoms with Crippen LogP contribution in [0.3, 0.4) is 0 Å². The Bertz CT molecular complexity index is 1020. The summed E-state index contributed by atoms with van der Waals surface area (Å²) in [6.07, 6.45) is 8.51. The van der Waals surface area contributed by atoms with Crippen molar-refractivity contribution in [2.75, 3.05) is 5.32 Å². The smallest absolute Gasteiger partial charge is 0.334 e. The van der Waals surface area contributed by atoms with Crippen LogP contribution < -0.4 is 10.0 Å². The number of rotatable bonds is 4. The molecule has 8 heteroatoms. The number of fused-ring (bicyclic) bond motifs is 2. The molecule has 0 saturated heterocycles. The van der Waals surface area contributed by atoms with E-state index in [0.29, 0.717) is 5.56 Å². The zero-order valence-electron chi connectivity index (χ0n) is 16.1. The number of nitrogens with zero attached hydrogens (tertiary/aromatic N) is 1. The maximum Gasteiger partial charge on any atom is 0.334 e. The van der Waals surface area contributed by atoms with E-state index in [4.69, 9.17) is 0 Å². The van der Waals surface area contributed by atoms with E-state index >= 15 is 0 Å². The van der Waals surface area contributed by atoms with Crippen molar-refractivity contribution in [3.05, 3.63) is 52.3 Å². The highest BCUT2D eigenvalue weighted by molar-refractivity contribution is 7.88. The van der Waals surface area contributed by atoms with Gasteiger partial charge in [0.15, 0.2) is 0 Å². The number of aliphatic hydroxyl groups is 1. The number of anilines is 1. The lowest BCUT2D eigenvalue weighted by Gasteiger charge is -2.17. The van der Waals surface area contributed by atoms with Gasteiger partial charge < -0.3 is 10.4 Å². The van der Waals surface area contributed by atoms with Gasteiger partial charge in [0.1, 0.15) is 0 Å². The van der Waals surface area contributed by atoms with Crippen LogP contribution >= 0.6 is 0 Å². The van der Waals surface area contributed by atoms with Gasteiger partial charge in [-0.1, -0.05) is 6.07 Å². The second kappa shape index (κ2) is 6.63. The Morgan fingerprint density at radius 2 is 1.71 bits per heavy atom. The van der Waals surface area contributed by atoms with Gasteiger partial charge in [0, 0.05) is 23.6 Å². The Kier molecular flexibility index (Phi) is 4.50. The molecule has 3 N–H and O–H groups in total. The number of hydrogen-bond donors (Lipinski definition) is 3. The number of aromatic nitrogens is 1. The van der Waals surface area contributed by atoms with Crippen LogP contribution in [0.2, 0.25) is 0 Å². The van der Waals surface area contributed by atoms with Gasteiger partial charge in [0.2, 0.25) is 0 Å². The summed E-state index contributed by atoms with van der Waals surface area (Å²) in [6.45, 7) is 3.13. The summed E-state index contributed by atoms with van der Waals surface area (Å²) in [5.41, 5.74) is 4.86. The Morgan fingerprint density at radius 3 is 2.25 bits per heavy atom. The van der Waals surface area contributed by atoms with Crippen LogP contribution in [0, 0.1) is 0 Å². The average Bonchev–Trinajstić information content (AvgIpc) is 3.33. The van der Waals surface area contributed by atoms with E-state index in [1.165, 1.54) is 29.6 Å². The van der Waals surface area contributed by atoms with Crippen molar-refractivity contribution >= 4 is 21.9 Å². The lowest BCUT2D eigenvalue weighted by molar-refractivity contribution is 0.0787. The Morgan fingerprint density at radius 1 is 1.11 bits per heavy atom. The largest absolute Gasteiger partial charge is 0.386 e. The number of hydrogen-bond acceptors (Lipinski definition) is 4. The summed E-state index contributed by atoms with van der Waals surface area (Å²) in [5, 5.41) is 12.8. The Labute approximate surface area is 164 Å². The van der Waals surface area contributed by atoms with E-state index in [1.807, 2.05) is 0 Å². The first-order chi connectivity index (χ1) is 13.1. The first-order valence-corrected chi connectivity index (χ1v) is 11.0. The molecule has 4 rings (SSSR count). The molecule has 2 aliphatic rings. The molecule has 28 heavy (non-hydrogen) atoms. The molecule has 0 fully saturated rings. The fraction of sp³-hybridized carbons (Fsp3) is 0.450. The number of carbonyl (C=O) groups excluding carboxylic acids is 1. The summed E-state index contributed by atoms with van der Waals surface area (Å²) in [6, 6.07) is 2.99. The first kappa shape index (κ1) is 19.0. The minimum Gasteiger partial charge on any atom is -0.386 e. The molecule has 1 aromatic heterocycles. The molecule has 0 spiro atoms. The molecule has 1 aromatic carbocycles. The molecule has 1 heterocycles. The van der Waals surface area contributed by atoms with Gasteiger partial charge in [0.05, 0.1) is 5.60 Å². The quantitative estimate of drug-likeness (QED) is 0.730. The molecule has 2 aromatic rings. The number of nitrogens with one attached hydrogen (secondary N) is 2. The van der Waals surface area contributed by atoms with Gasteiger partial charge >= 0.3 is 16.2 Å². The Hall–Kier alpha value is -2.32. The van der Waals surface area contributed by atoms with Crippen molar-refractivity contribution in [3.63, 3.8) is 0 Å². The molecule has 0 radical (unpaired) electrons. The molecular formula is C20H25N3O4S. The first-order valence-electron chi connectivity index (χ1n) is 9.57. The molecule has 0 bridgehead atoms. The van der Waals surface area contributed by atoms with E-state index in [9.17, 15) is 18.3 Å². The number of carbonyl (C=O) groups is 1. The second-order valence-corrected chi connectivity index (χ2v) is 9.66. The van der Waals surface area contributed by atoms with Gasteiger partial charge in [-0.3, -0.25) is 0 Å². The van der Waals surface area contributed by atoms with Crippen molar-refractivity contribution in [1.82, 2.24) is 8.69 Å². The van der Waals surface area contributed by atoms with Crippen molar-refractivity contribution in [2.45, 2.75) is 58.0 Å². The number of urea groups is 1. The standard InChI is InChI=1S/C20H25N3O4S/c1-20(2,25)15-9-10-23(12-15)28(26,27)22-19(24)21-18-16-7-3-5-13(16)11-14-6-4-8-17(14)18/h9-12,25H,3-8H2,1-2H3,(H2,21,22,24). The van der Waals surface area contributed by atoms with Crippen LogP contribution in [-0.2, 0) is 41.5 Å². The predicted octanol–water partition coefficient (Wildman–Crippen LogP) is 2.61. The van der Waals surface area contributed by atoms with Crippen LogP contribution in [0.5, 0.6) is 0 Å². The maximum atomic E-state index is 12.5. The normalized spacial score (nSPS) is 16.0. The minimum absolute atomic E-state index is 0.442. The molecule has 150 valence electrons. The predicted molar refractivity (Wildman–Crippen MR) is 107 cm³/mol. The summed E-state index contributed by atoms with van der Waals surface area (Å²) < 4.78 is 28.1. The summed E-state index contributed by atoms with van der Waals surface area (Å²) in [4.78, 5) is 12.5. The molecule has 0 aliphatic heterocycles. The lowest BCUT2D eigenvalue weighted by Crippen LogP contribution is -2.38. The molecule has 0 atom stereocenters. The summed E-state index contributed by atoms with van der Waals surface area (Å²) in [5.74, 6) is 0. The monoisotopic (exact) mass is 403 g/mol. The highest BCUT2D eigenvalue weighted by Gasteiger charge is 2.27. The Balaban J connectivity index is 1.56. The molecule has 2 aliphatic carbocycles. The van der Waals surface area contributed by atoms with Crippen LogP contribution in [0.1, 0.15) is 54.5 Å². The van der Waals surface area contributed by atoms with Gasteiger partial charge in [-0.05, 0) is 80.7 Å². The molecule has 0 unspecified atom stereocenters. The van der Waals surface area contributed by atoms with E-state index in [1.54, 1.807) is 13.8 Å². The van der Waals surface area contributed by atoms with E-state index in [-0.39, 0.29) is 0 Å². The topological polar surface area (TPSA) is 100 Å². The fourth-order valence-electron chi connectivity index (χ4n) is 4.16. The summed E-state index contributed by atoms with van der Waals surface area (Å²) >= 11 is 0. The van der Waals surface area contributed by atoms with Crippen molar-refractivity contribution < 1.29 is 18.3 Å². The molecular weight excluding hydrogens is 378 g/mol. The van der Waals surface area contributed by atoms with Gasteiger partial charge in [-0.2, -0.15) is 8.42 Å². The van der Waals surface area contributed by atoms with Crippen LogP contribution in [0.15, 0.2) is 24.5 Å². The molecule has 2 amide bonds. The number of aryl methyl sites for hydroxylation is 2. The SMILES string of the molecule is CC(C)(O)c1ccn(S(=O)(=O)NC(=O)Nc2c3c(cc4c2CCC4)CCC3)c1. The van der Waals surface area contributed by atoms with Crippen LogP contribution in [0.25, 0.3) is 0 Å². The highest BCUT2D eigenvalue weighted by Crippen LogP contribution is 2.38. The van der Waals surface area contributed by atoms with Gasteiger partial charge in [-0.15, -0.1) is 0 Å². The second-order valence-electron chi connectivity index (χ2n) is 8.08. The third kappa shape index (κ3) is 3.42. The molecule has 7 nitrogen and oxygen atoms in total. The minimum atomic E-state index is -4.10. The van der Waals surface area contributed by atoms with Gasteiger partial charge in [-0.25, -0.2) is 13.5 Å². The third-order valence-corrected chi connectivity index (χ3v) is 6.81. The van der Waals surface area contributed by atoms with Crippen LogP contribution in [-0.4, -0.2) is 23.5 Å². The van der Waals surface area contributed by atoms with Crippen molar-refractivity contribution in [2.24, 2.45) is 0 Å². The zero-order valence-corrected chi connectivity index (χ0v) is 16.9. The highest BCUT2D eigenvalue weighted by atomic mass is 32.2. The van der Waals surface area contributed by atoms with E-state index in [0.717, 1.165) is 59.3 Å². The fourth-order valence-corrected chi connectivity index (χ4v) is 5.03. The van der Waals surface area contributed by atoms with Crippen LogP contribution in [0.4, 0.5) is 10.5 Å². The average molecular weight is 404 g/mol. The third-order valence-electron chi connectivity index (χ3n) is 5.58. The molecule has 0 saturated carbocycles. The van der Waals surface area contributed by atoms with E-state index in [2.05, 4.69) is 16.1 Å². The number of benzene rings is 1. The lowest BCUT2D eigenvalue weighted by atomic mass is 9.99. The van der Waals surface area contributed by atoms with Crippen molar-refractivity contribution in [3.8, 4) is 0 Å². The zero-order chi connectivity index (χ0) is 20.1. The van der Waals surface area contributed by atoms with Crippen molar-refractivity contribution in [1.29, 1.82) is 0 Å².